The summed E-state index contributed by atoms with van der Waals surface area (Å²) >= 11 is 0. The van der Waals surface area contributed by atoms with Crippen molar-refractivity contribution in [2.24, 2.45) is 0 Å². The molecule has 0 unspecified atom stereocenters. The lowest BCUT2D eigenvalue weighted by atomic mass is 10.0. The summed E-state index contributed by atoms with van der Waals surface area (Å²) in [4.78, 5) is 3.82. The van der Waals surface area contributed by atoms with Gasteiger partial charge in [-0.25, -0.2) is 4.98 Å². The Morgan fingerprint density at radius 2 is 1.95 bits per heavy atom. The monoisotopic (exact) mass is 312 g/mol. The molecule has 3 nitrogen and oxygen atoms in total. The molecule has 0 atom stereocenters. The first-order valence-electron chi connectivity index (χ1n) is 6.99. The molecule has 0 saturated carbocycles. The number of imidazole rings is 1. The highest BCUT2D eigenvalue weighted by Crippen LogP contribution is 2.33. The SMILES string of the molecule is COCc1ccc(-c2nc(C(F)(F)F)cn2C(C)C)c(C)c1. The van der Waals surface area contributed by atoms with Gasteiger partial charge in [0.2, 0.25) is 0 Å². The fourth-order valence-corrected chi connectivity index (χ4v) is 2.36. The third kappa shape index (κ3) is 3.32. The lowest BCUT2D eigenvalue weighted by molar-refractivity contribution is -0.140. The summed E-state index contributed by atoms with van der Waals surface area (Å²) in [7, 11) is 1.60. The Hall–Kier alpha value is -1.82. The van der Waals surface area contributed by atoms with Crippen molar-refractivity contribution in [1.29, 1.82) is 0 Å². The van der Waals surface area contributed by atoms with Crippen LogP contribution in [0.25, 0.3) is 11.4 Å². The number of rotatable bonds is 4. The maximum Gasteiger partial charge on any atom is 0.434 e. The summed E-state index contributed by atoms with van der Waals surface area (Å²) in [6.45, 7) is 5.99. The van der Waals surface area contributed by atoms with Gasteiger partial charge in [-0.15, -0.1) is 0 Å². The second kappa shape index (κ2) is 6.12. The number of hydrogen-bond acceptors (Lipinski definition) is 2. The van der Waals surface area contributed by atoms with Crippen LogP contribution in [-0.4, -0.2) is 16.7 Å². The van der Waals surface area contributed by atoms with E-state index in [0.717, 1.165) is 17.3 Å². The quantitative estimate of drug-likeness (QED) is 0.824. The normalized spacial score (nSPS) is 12.2. The summed E-state index contributed by atoms with van der Waals surface area (Å²) in [5, 5.41) is 0. The van der Waals surface area contributed by atoms with Crippen molar-refractivity contribution >= 4 is 0 Å². The number of methoxy groups -OCH3 is 1. The molecule has 0 spiro atoms. The molecule has 120 valence electrons. The van der Waals surface area contributed by atoms with Gasteiger partial charge in [-0.05, 0) is 31.9 Å². The molecule has 1 heterocycles. The second-order valence-electron chi connectivity index (χ2n) is 5.53. The summed E-state index contributed by atoms with van der Waals surface area (Å²) in [5.41, 5.74) is 1.68. The van der Waals surface area contributed by atoms with Crippen LogP contribution < -0.4 is 0 Å². The Bertz CT molecular complexity index is 660. The minimum atomic E-state index is -4.45. The number of aryl methyl sites for hydroxylation is 1. The van der Waals surface area contributed by atoms with E-state index in [9.17, 15) is 13.2 Å². The van der Waals surface area contributed by atoms with E-state index in [1.54, 1.807) is 17.7 Å². The van der Waals surface area contributed by atoms with Crippen molar-refractivity contribution in [3.8, 4) is 11.4 Å². The Labute approximate surface area is 127 Å². The minimum Gasteiger partial charge on any atom is -0.380 e. The molecular formula is C16H19F3N2O. The first-order valence-corrected chi connectivity index (χ1v) is 6.99. The number of halogens is 3. The summed E-state index contributed by atoms with van der Waals surface area (Å²) in [6, 6.07) is 5.44. The largest absolute Gasteiger partial charge is 0.434 e. The Morgan fingerprint density at radius 1 is 1.27 bits per heavy atom. The number of hydrogen-bond donors (Lipinski definition) is 0. The topological polar surface area (TPSA) is 27.1 Å². The van der Waals surface area contributed by atoms with Crippen LogP contribution in [0, 0.1) is 6.92 Å². The molecule has 6 heteroatoms. The van der Waals surface area contributed by atoms with E-state index in [2.05, 4.69) is 4.98 Å². The molecule has 22 heavy (non-hydrogen) atoms. The standard InChI is InChI=1S/C16H19F3N2O/c1-10(2)21-8-14(16(17,18)19)20-15(21)13-6-5-12(9-22-4)7-11(13)3/h5-8,10H,9H2,1-4H3. The molecule has 0 fully saturated rings. The average Bonchev–Trinajstić information content (AvgIpc) is 2.84. The summed E-state index contributed by atoms with van der Waals surface area (Å²) in [6.07, 6.45) is -3.37. The van der Waals surface area contributed by atoms with Crippen molar-refractivity contribution in [3.63, 3.8) is 0 Å². The van der Waals surface area contributed by atoms with Crippen LogP contribution in [0.15, 0.2) is 24.4 Å². The van der Waals surface area contributed by atoms with Gasteiger partial charge in [0.25, 0.3) is 0 Å². The van der Waals surface area contributed by atoms with Crippen LogP contribution >= 0.6 is 0 Å². The van der Waals surface area contributed by atoms with Gasteiger partial charge in [0.05, 0.1) is 6.61 Å². The molecule has 0 aliphatic heterocycles. The highest BCUT2D eigenvalue weighted by atomic mass is 19.4. The lowest BCUT2D eigenvalue weighted by Gasteiger charge is -2.13. The Morgan fingerprint density at radius 3 is 2.45 bits per heavy atom. The highest BCUT2D eigenvalue weighted by molar-refractivity contribution is 5.62. The van der Waals surface area contributed by atoms with E-state index in [1.807, 2.05) is 32.9 Å². The average molecular weight is 312 g/mol. The third-order valence-corrected chi connectivity index (χ3v) is 3.42. The highest BCUT2D eigenvalue weighted by Gasteiger charge is 2.35. The molecule has 1 aromatic carbocycles. The maximum atomic E-state index is 12.9. The van der Waals surface area contributed by atoms with Gasteiger partial charge in [0, 0.05) is 24.9 Å². The smallest absolute Gasteiger partial charge is 0.380 e. The van der Waals surface area contributed by atoms with E-state index in [4.69, 9.17) is 4.74 Å². The molecule has 0 N–H and O–H groups in total. The second-order valence-corrected chi connectivity index (χ2v) is 5.53. The van der Waals surface area contributed by atoms with Crippen LogP contribution in [-0.2, 0) is 17.5 Å². The molecule has 0 bridgehead atoms. The zero-order valence-electron chi connectivity index (χ0n) is 13.0. The fourth-order valence-electron chi connectivity index (χ4n) is 2.36. The van der Waals surface area contributed by atoms with Gasteiger partial charge < -0.3 is 9.30 Å². The lowest BCUT2D eigenvalue weighted by Crippen LogP contribution is -2.05. The minimum absolute atomic E-state index is 0.114. The predicted octanol–water partition coefficient (Wildman–Crippen LogP) is 4.60. The van der Waals surface area contributed by atoms with Crippen LogP contribution in [0.3, 0.4) is 0 Å². The zero-order valence-corrected chi connectivity index (χ0v) is 13.0. The van der Waals surface area contributed by atoms with Crippen LogP contribution in [0.5, 0.6) is 0 Å². The Balaban J connectivity index is 2.54. The van der Waals surface area contributed by atoms with Crippen molar-refractivity contribution in [3.05, 3.63) is 41.2 Å². The molecule has 2 rings (SSSR count). The number of benzene rings is 1. The van der Waals surface area contributed by atoms with Gasteiger partial charge in [-0.1, -0.05) is 18.2 Å². The Kier molecular flexibility index (Phi) is 4.60. The first kappa shape index (κ1) is 16.5. The van der Waals surface area contributed by atoms with E-state index < -0.39 is 11.9 Å². The molecular weight excluding hydrogens is 293 g/mol. The van der Waals surface area contributed by atoms with Gasteiger partial charge in [0.1, 0.15) is 5.82 Å². The van der Waals surface area contributed by atoms with Crippen LogP contribution in [0.4, 0.5) is 13.2 Å². The van der Waals surface area contributed by atoms with E-state index in [1.165, 1.54) is 0 Å². The van der Waals surface area contributed by atoms with Gasteiger partial charge in [-0.3, -0.25) is 0 Å². The molecule has 2 aromatic rings. The summed E-state index contributed by atoms with van der Waals surface area (Å²) < 4.78 is 45.4. The van der Waals surface area contributed by atoms with Crippen molar-refractivity contribution in [1.82, 2.24) is 9.55 Å². The fraction of sp³-hybridized carbons (Fsp3) is 0.438. The van der Waals surface area contributed by atoms with E-state index >= 15 is 0 Å². The molecule has 0 amide bonds. The van der Waals surface area contributed by atoms with Crippen LogP contribution in [0.1, 0.15) is 36.7 Å². The van der Waals surface area contributed by atoms with E-state index in [-0.39, 0.29) is 6.04 Å². The number of aromatic nitrogens is 2. The van der Waals surface area contributed by atoms with Gasteiger partial charge >= 0.3 is 6.18 Å². The van der Waals surface area contributed by atoms with Crippen molar-refractivity contribution in [2.45, 2.75) is 39.6 Å². The molecule has 0 radical (unpaired) electrons. The molecule has 0 aliphatic rings. The summed E-state index contributed by atoms with van der Waals surface area (Å²) in [5.74, 6) is 0.337. The number of alkyl halides is 3. The van der Waals surface area contributed by atoms with Crippen molar-refractivity contribution < 1.29 is 17.9 Å². The van der Waals surface area contributed by atoms with Gasteiger partial charge in [0.15, 0.2) is 5.69 Å². The number of ether oxygens (including phenoxy) is 1. The first-order chi connectivity index (χ1) is 10.2. The van der Waals surface area contributed by atoms with Crippen LogP contribution in [0.2, 0.25) is 0 Å². The molecule has 0 aliphatic carbocycles. The third-order valence-electron chi connectivity index (χ3n) is 3.42. The van der Waals surface area contributed by atoms with Crippen molar-refractivity contribution in [2.75, 3.05) is 7.11 Å². The molecule has 1 aromatic heterocycles. The predicted molar refractivity (Wildman–Crippen MR) is 78.5 cm³/mol. The maximum absolute atomic E-state index is 12.9. The molecule has 0 saturated heterocycles. The number of nitrogens with zero attached hydrogens (tertiary/aromatic N) is 2. The zero-order chi connectivity index (χ0) is 16.5. The van der Waals surface area contributed by atoms with E-state index in [0.29, 0.717) is 18.0 Å². The van der Waals surface area contributed by atoms with Gasteiger partial charge in [-0.2, -0.15) is 13.2 Å².